The van der Waals surface area contributed by atoms with Crippen molar-refractivity contribution in [2.45, 2.75) is 65.8 Å². The van der Waals surface area contributed by atoms with E-state index >= 15 is 0 Å². The minimum absolute atomic E-state index is 0.366. The molecule has 0 aromatic rings. The van der Waals surface area contributed by atoms with Gasteiger partial charge in [-0.15, -0.1) is 0 Å². The maximum absolute atomic E-state index is 13.1. The molecule has 0 spiro atoms. The molecule has 2 unspecified atom stereocenters. The lowest BCUT2D eigenvalue weighted by atomic mass is 9.85. The van der Waals surface area contributed by atoms with Crippen LogP contribution in [-0.2, 0) is 13.6 Å². The predicted molar refractivity (Wildman–Crippen MR) is 104 cm³/mol. The van der Waals surface area contributed by atoms with E-state index in [-0.39, 0.29) is 0 Å². The van der Waals surface area contributed by atoms with E-state index in [4.69, 9.17) is 9.05 Å². The van der Waals surface area contributed by atoms with Gasteiger partial charge >= 0.3 is 6.80 Å². The highest BCUT2D eigenvalue weighted by atomic mass is 32.7. The molecule has 0 aliphatic carbocycles. The van der Waals surface area contributed by atoms with Crippen LogP contribution in [0.25, 0.3) is 0 Å². The number of hydrogen-bond acceptors (Lipinski definition) is 5. The Balaban J connectivity index is 1.91. The summed E-state index contributed by atoms with van der Waals surface area (Å²) in [6.45, 7) is 8.78. The van der Waals surface area contributed by atoms with Crippen LogP contribution in [0.1, 0.15) is 59.8 Å². The van der Waals surface area contributed by atoms with Gasteiger partial charge in [-0.05, 0) is 67.9 Å². The van der Waals surface area contributed by atoms with Gasteiger partial charge in [-0.3, -0.25) is 0 Å². The van der Waals surface area contributed by atoms with Gasteiger partial charge in [0.25, 0.3) is 0 Å². The molecule has 142 valence electrons. The third kappa shape index (κ3) is 6.64. The van der Waals surface area contributed by atoms with Crippen molar-refractivity contribution < 1.29 is 13.6 Å². The first-order valence-corrected chi connectivity index (χ1v) is 12.8. The molecule has 24 heavy (non-hydrogen) atoms. The van der Waals surface area contributed by atoms with Crippen molar-refractivity contribution in [3.63, 3.8) is 0 Å². The van der Waals surface area contributed by atoms with Gasteiger partial charge < -0.3 is 13.9 Å². The van der Waals surface area contributed by atoms with Crippen molar-refractivity contribution in [1.29, 1.82) is 0 Å². The van der Waals surface area contributed by atoms with Crippen molar-refractivity contribution in [3.8, 4) is 0 Å². The second kappa shape index (κ2) is 9.97. The van der Waals surface area contributed by atoms with Crippen molar-refractivity contribution in [1.82, 2.24) is 4.90 Å². The topological polar surface area (TPSA) is 38.8 Å². The van der Waals surface area contributed by atoms with Crippen LogP contribution in [-0.4, -0.2) is 43.0 Å². The maximum Gasteiger partial charge on any atom is 0.389 e. The molecular weight excluding hydrogens is 341 g/mol. The van der Waals surface area contributed by atoms with Crippen LogP contribution >= 0.6 is 18.2 Å². The summed E-state index contributed by atoms with van der Waals surface area (Å²) in [6, 6.07) is 0.684. The summed E-state index contributed by atoms with van der Waals surface area (Å²) in [7, 11) is 0. The summed E-state index contributed by atoms with van der Waals surface area (Å²) in [4.78, 5) is 2.66. The van der Waals surface area contributed by atoms with Gasteiger partial charge in [-0.1, -0.05) is 34.1 Å². The molecule has 2 heterocycles. The molecule has 2 aliphatic rings. The first kappa shape index (κ1) is 20.8. The van der Waals surface area contributed by atoms with Crippen LogP contribution in [0.4, 0.5) is 0 Å². The van der Waals surface area contributed by atoms with Crippen molar-refractivity contribution in [3.05, 3.63) is 0 Å². The highest BCUT2D eigenvalue weighted by Crippen LogP contribution is 2.62. The molecule has 2 atom stereocenters. The third-order valence-corrected chi connectivity index (χ3v) is 8.66. The lowest BCUT2D eigenvalue weighted by Gasteiger charge is -2.44. The Hall–Kier alpha value is 0.460. The molecule has 0 N–H and O–H groups in total. The average molecular weight is 378 g/mol. The Kier molecular flexibility index (Phi) is 8.62. The summed E-state index contributed by atoms with van der Waals surface area (Å²) in [5.41, 5.74) is 0. The minimum Gasteiger partial charge on any atom is -0.300 e. The summed E-state index contributed by atoms with van der Waals surface area (Å²) < 4.78 is 24.6. The zero-order chi connectivity index (χ0) is 17.6. The fourth-order valence-electron chi connectivity index (χ4n) is 3.55. The van der Waals surface area contributed by atoms with Crippen LogP contribution in [0.3, 0.4) is 0 Å². The molecule has 0 amide bonds. The van der Waals surface area contributed by atoms with Gasteiger partial charge in [0.15, 0.2) is 0 Å². The quantitative estimate of drug-likeness (QED) is 0.501. The van der Waals surface area contributed by atoms with Crippen LogP contribution in [0, 0.1) is 17.8 Å². The van der Waals surface area contributed by atoms with Gasteiger partial charge in [-0.25, -0.2) is 4.57 Å². The SMILES string of the molecule is CC(C)COP(=O)(OCC(C)C)SCC1CCCN2CCCCC12. The van der Waals surface area contributed by atoms with E-state index in [1.54, 1.807) is 0 Å². The van der Waals surface area contributed by atoms with Gasteiger partial charge in [0.1, 0.15) is 0 Å². The third-order valence-electron chi connectivity index (χ3n) is 4.81. The monoisotopic (exact) mass is 377 g/mol. The molecule has 0 aromatic carbocycles. The second-order valence-electron chi connectivity index (χ2n) is 8.12. The molecule has 6 heteroatoms. The lowest BCUT2D eigenvalue weighted by molar-refractivity contribution is 0.0693. The number of fused-ring (bicyclic) bond motifs is 1. The zero-order valence-corrected chi connectivity index (χ0v) is 17.6. The number of piperidine rings is 2. The van der Waals surface area contributed by atoms with Crippen LogP contribution in [0.2, 0.25) is 0 Å². The first-order valence-electron chi connectivity index (χ1n) is 9.67. The van der Waals surface area contributed by atoms with Crippen LogP contribution < -0.4 is 0 Å². The van der Waals surface area contributed by atoms with E-state index in [1.807, 2.05) is 0 Å². The van der Waals surface area contributed by atoms with Gasteiger partial charge in [0.05, 0.1) is 13.2 Å². The summed E-state index contributed by atoms with van der Waals surface area (Å²) >= 11 is 1.45. The smallest absolute Gasteiger partial charge is 0.300 e. The summed E-state index contributed by atoms with van der Waals surface area (Å²) in [5, 5.41) is 0. The molecule has 0 radical (unpaired) electrons. The molecule has 4 nitrogen and oxygen atoms in total. The maximum atomic E-state index is 13.1. The number of rotatable bonds is 9. The molecule has 0 bridgehead atoms. The minimum atomic E-state index is -3.04. The van der Waals surface area contributed by atoms with Gasteiger partial charge in [0.2, 0.25) is 0 Å². The Morgan fingerprint density at radius 1 is 1.00 bits per heavy atom. The van der Waals surface area contributed by atoms with Crippen molar-refractivity contribution >= 4 is 18.2 Å². The van der Waals surface area contributed by atoms with Gasteiger partial charge in [-0.2, -0.15) is 0 Å². The van der Waals surface area contributed by atoms with E-state index in [1.165, 1.54) is 56.6 Å². The lowest BCUT2D eigenvalue weighted by Crippen LogP contribution is -2.48. The number of nitrogens with zero attached hydrogens (tertiary/aromatic N) is 1. The van der Waals surface area contributed by atoms with Crippen molar-refractivity contribution in [2.24, 2.45) is 17.8 Å². The molecule has 2 fully saturated rings. The summed E-state index contributed by atoms with van der Waals surface area (Å²) in [6.07, 6.45) is 6.50. The average Bonchev–Trinajstić information content (AvgIpc) is 2.56. The molecule has 0 aromatic heterocycles. The number of hydrogen-bond donors (Lipinski definition) is 0. The van der Waals surface area contributed by atoms with Crippen molar-refractivity contribution in [2.75, 3.05) is 32.1 Å². The van der Waals surface area contributed by atoms with Crippen LogP contribution in [0.5, 0.6) is 0 Å². The van der Waals surface area contributed by atoms with E-state index in [9.17, 15) is 4.57 Å². The fourth-order valence-corrected chi connectivity index (χ4v) is 7.43. The molecule has 2 aliphatic heterocycles. The largest absolute Gasteiger partial charge is 0.389 e. The standard InChI is InChI=1S/C18H36NO3PS/c1-15(2)12-21-23(20,22-13-16(3)4)24-14-17-8-7-11-19-10-6-5-9-18(17)19/h15-18H,5-14H2,1-4H3. The molecular formula is C18H36NO3PS. The highest BCUT2D eigenvalue weighted by molar-refractivity contribution is 8.55. The van der Waals surface area contributed by atoms with E-state index in [0.29, 0.717) is 37.0 Å². The molecule has 0 saturated carbocycles. The highest BCUT2D eigenvalue weighted by Gasteiger charge is 2.35. The summed E-state index contributed by atoms with van der Waals surface area (Å²) in [5.74, 6) is 2.26. The first-order chi connectivity index (χ1) is 11.4. The van der Waals surface area contributed by atoms with E-state index in [0.717, 1.165) is 5.75 Å². The normalized spacial score (nSPS) is 26.1. The zero-order valence-electron chi connectivity index (χ0n) is 15.9. The van der Waals surface area contributed by atoms with E-state index in [2.05, 4.69) is 32.6 Å². The van der Waals surface area contributed by atoms with Gasteiger partial charge in [0, 0.05) is 11.8 Å². The fraction of sp³-hybridized carbons (Fsp3) is 1.00. The molecule has 2 saturated heterocycles. The van der Waals surface area contributed by atoms with Crippen LogP contribution in [0.15, 0.2) is 0 Å². The van der Waals surface area contributed by atoms with E-state index < -0.39 is 6.80 Å². The Labute approximate surface area is 152 Å². The Morgan fingerprint density at radius 3 is 2.25 bits per heavy atom. The predicted octanol–water partition coefficient (Wildman–Crippen LogP) is 5.44. The molecule has 2 rings (SSSR count). The second-order valence-corrected chi connectivity index (χ2v) is 12.2. The Morgan fingerprint density at radius 2 is 1.62 bits per heavy atom. The Bertz CT molecular complexity index is 401.